The summed E-state index contributed by atoms with van der Waals surface area (Å²) in [6.07, 6.45) is -2.75. The fourth-order valence-electron chi connectivity index (χ4n) is 2.02. The molecule has 0 aromatic heterocycles. The third-order valence-corrected chi connectivity index (χ3v) is 2.70. The Labute approximate surface area is 95.8 Å². The molecule has 4 atom stereocenters. The van der Waals surface area contributed by atoms with Crippen LogP contribution in [-0.2, 0) is 4.79 Å². The first-order chi connectivity index (χ1) is 7.91. The molecule has 4 unspecified atom stereocenters. The number of aliphatic hydroxyl groups excluding tert-OH is 1. The fourth-order valence-corrected chi connectivity index (χ4v) is 2.02. The highest BCUT2D eigenvalue weighted by Crippen LogP contribution is 2.19. The van der Waals surface area contributed by atoms with E-state index in [4.69, 9.17) is 5.11 Å². The first kappa shape index (κ1) is 11.5. The Bertz CT molecular complexity index is 384. The summed E-state index contributed by atoms with van der Waals surface area (Å²) in [5.41, 5.74) is 0. The maximum atomic E-state index is 11.6. The lowest BCUT2D eigenvalue weighted by atomic mass is 10.1. The maximum Gasteiger partial charge on any atom is 0.329 e. The van der Waals surface area contributed by atoms with Crippen LogP contribution in [0, 0.1) is 0 Å². The molecular formula is C8H12N4O5. The first-order valence-corrected chi connectivity index (χ1v) is 4.98. The number of fused-ring (bicyclic) bond motifs is 1. The fraction of sp³-hybridized carbons (Fsp3) is 0.625. The van der Waals surface area contributed by atoms with E-state index in [0.29, 0.717) is 0 Å². The summed E-state index contributed by atoms with van der Waals surface area (Å²) < 4.78 is 0. The summed E-state index contributed by atoms with van der Waals surface area (Å²) in [7, 11) is 0. The van der Waals surface area contributed by atoms with Gasteiger partial charge in [-0.25, -0.2) is 14.4 Å². The number of urea groups is 2. The highest BCUT2D eigenvalue weighted by molar-refractivity contribution is 5.88. The third kappa shape index (κ3) is 1.73. The smallest absolute Gasteiger partial charge is 0.329 e. The first-order valence-electron chi connectivity index (χ1n) is 4.98. The van der Waals surface area contributed by atoms with Crippen molar-refractivity contribution in [3.8, 4) is 0 Å². The van der Waals surface area contributed by atoms with Gasteiger partial charge < -0.3 is 26.2 Å². The van der Waals surface area contributed by atoms with Crippen LogP contribution in [-0.4, -0.2) is 57.6 Å². The van der Waals surface area contributed by atoms with Gasteiger partial charge in [0.2, 0.25) is 0 Å². The number of nitrogens with zero attached hydrogens (tertiary/aromatic N) is 1. The van der Waals surface area contributed by atoms with Crippen LogP contribution in [0.3, 0.4) is 0 Å². The molecule has 9 heteroatoms. The van der Waals surface area contributed by atoms with Gasteiger partial charge in [-0.2, -0.15) is 0 Å². The standard InChI is InChI=1S/C8H12N4O5/c1-2(13)3(6(14)15)12-5-4(10-8(12)17)9-7(16)11-5/h2-5,13H,1H3,(H,10,17)(H,14,15)(H2,9,11,16). The van der Waals surface area contributed by atoms with Crippen molar-refractivity contribution in [2.45, 2.75) is 31.4 Å². The Morgan fingerprint density at radius 3 is 2.53 bits per heavy atom. The van der Waals surface area contributed by atoms with Crippen LogP contribution >= 0.6 is 0 Å². The highest BCUT2D eigenvalue weighted by atomic mass is 16.4. The summed E-state index contributed by atoms with van der Waals surface area (Å²) in [6.45, 7) is 1.27. The number of rotatable bonds is 3. The maximum absolute atomic E-state index is 11.6. The molecule has 2 heterocycles. The van der Waals surface area contributed by atoms with Crippen molar-refractivity contribution in [3.05, 3.63) is 0 Å². The second kappa shape index (κ2) is 3.77. The van der Waals surface area contributed by atoms with Gasteiger partial charge in [-0.05, 0) is 6.92 Å². The second-order valence-electron chi connectivity index (χ2n) is 3.92. The number of amides is 4. The second-order valence-corrected chi connectivity index (χ2v) is 3.92. The van der Waals surface area contributed by atoms with Crippen molar-refractivity contribution in [2.75, 3.05) is 0 Å². The largest absolute Gasteiger partial charge is 0.480 e. The summed E-state index contributed by atoms with van der Waals surface area (Å²) in [5, 5.41) is 25.6. The van der Waals surface area contributed by atoms with Gasteiger partial charge in [0.1, 0.15) is 12.3 Å². The minimum absolute atomic E-state index is 0.500. The summed E-state index contributed by atoms with van der Waals surface area (Å²) in [4.78, 5) is 34.6. The average molecular weight is 244 g/mol. The highest BCUT2D eigenvalue weighted by Gasteiger charge is 2.51. The number of nitrogens with one attached hydrogen (secondary N) is 3. The van der Waals surface area contributed by atoms with Gasteiger partial charge >= 0.3 is 18.0 Å². The van der Waals surface area contributed by atoms with Crippen LogP contribution in [0.25, 0.3) is 0 Å². The van der Waals surface area contributed by atoms with E-state index in [1.165, 1.54) is 6.92 Å². The number of aliphatic carboxylic acids is 1. The lowest BCUT2D eigenvalue weighted by Crippen LogP contribution is -2.56. The van der Waals surface area contributed by atoms with E-state index >= 15 is 0 Å². The number of carbonyl (C=O) groups is 3. The van der Waals surface area contributed by atoms with Gasteiger partial charge in [0.05, 0.1) is 6.10 Å². The van der Waals surface area contributed by atoms with Gasteiger partial charge in [0.15, 0.2) is 6.04 Å². The van der Waals surface area contributed by atoms with E-state index in [1.54, 1.807) is 0 Å². The SMILES string of the molecule is CC(O)C(C(=O)O)N1C(=O)NC2NC(=O)NC21. The average Bonchev–Trinajstić information content (AvgIpc) is 2.64. The molecule has 0 bridgehead atoms. The molecule has 2 saturated heterocycles. The molecule has 0 spiro atoms. The van der Waals surface area contributed by atoms with Gasteiger partial charge in [0.25, 0.3) is 0 Å². The number of hydrogen-bond donors (Lipinski definition) is 5. The minimum atomic E-state index is -1.41. The van der Waals surface area contributed by atoms with Crippen molar-refractivity contribution in [1.82, 2.24) is 20.9 Å². The lowest BCUT2D eigenvalue weighted by Gasteiger charge is -2.29. The molecule has 17 heavy (non-hydrogen) atoms. The molecule has 0 saturated carbocycles. The number of aliphatic hydroxyl groups is 1. The lowest BCUT2D eigenvalue weighted by molar-refractivity contribution is -0.146. The third-order valence-electron chi connectivity index (χ3n) is 2.70. The summed E-state index contributed by atoms with van der Waals surface area (Å²) >= 11 is 0. The molecule has 4 amide bonds. The number of carbonyl (C=O) groups excluding carboxylic acids is 2. The zero-order chi connectivity index (χ0) is 12.7. The molecule has 2 fully saturated rings. The van der Waals surface area contributed by atoms with Crippen molar-refractivity contribution >= 4 is 18.0 Å². The van der Waals surface area contributed by atoms with E-state index < -0.39 is 42.5 Å². The van der Waals surface area contributed by atoms with Crippen LogP contribution in [0.4, 0.5) is 9.59 Å². The van der Waals surface area contributed by atoms with Gasteiger partial charge in [0, 0.05) is 0 Å². The minimum Gasteiger partial charge on any atom is -0.480 e. The van der Waals surface area contributed by atoms with Gasteiger partial charge in [-0.3, -0.25) is 4.90 Å². The molecule has 2 aliphatic heterocycles. The summed E-state index contributed by atoms with van der Waals surface area (Å²) in [5.74, 6) is -1.34. The molecule has 0 radical (unpaired) electrons. The zero-order valence-corrected chi connectivity index (χ0v) is 8.88. The molecule has 0 aromatic carbocycles. The quantitative estimate of drug-likeness (QED) is 0.385. The topological polar surface area (TPSA) is 131 Å². The normalized spacial score (nSPS) is 30.1. The van der Waals surface area contributed by atoms with E-state index in [1.807, 2.05) is 0 Å². The molecule has 5 N–H and O–H groups in total. The van der Waals surface area contributed by atoms with Gasteiger partial charge in [-0.1, -0.05) is 0 Å². The molecule has 94 valence electrons. The molecular weight excluding hydrogens is 232 g/mol. The molecule has 0 aromatic rings. The van der Waals surface area contributed by atoms with Crippen molar-refractivity contribution in [2.24, 2.45) is 0 Å². The van der Waals surface area contributed by atoms with E-state index in [9.17, 15) is 19.5 Å². The van der Waals surface area contributed by atoms with Crippen LogP contribution in [0.5, 0.6) is 0 Å². The Morgan fingerprint density at radius 2 is 2.00 bits per heavy atom. The number of carboxylic acids is 1. The van der Waals surface area contributed by atoms with Crippen molar-refractivity contribution < 1.29 is 24.6 Å². The zero-order valence-electron chi connectivity index (χ0n) is 8.88. The number of carboxylic acid groups (broad SMARTS) is 1. The molecule has 0 aliphatic carbocycles. The van der Waals surface area contributed by atoms with Crippen molar-refractivity contribution in [1.29, 1.82) is 0 Å². The Hall–Kier alpha value is -2.03. The Kier molecular flexibility index (Phi) is 2.54. The molecule has 2 rings (SSSR count). The van der Waals surface area contributed by atoms with Crippen LogP contribution < -0.4 is 16.0 Å². The number of hydrogen-bond acceptors (Lipinski definition) is 4. The predicted octanol–water partition coefficient (Wildman–Crippen LogP) is -2.19. The van der Waals surface area contributed by atoms with Crippen LogP contribution in [0.15, 0.2) is 0 Å². The van der Waals surface area contributed by atoms with Crippen LogP contribution in [0.2, 0.25) is 0 Å². The van der Waals surface area contributed by atoms with Crippen LogP contribution in [0.1, 0.15) is 6.92 Å². The Morgan fingerprint density at radius 1 is 1.35 bits per heavy atom. The van der Waals surface area contributed by atoms with Crippen molar-refractivity contribution in [3.63, 3.8) is 0 Å². The monoisotopic (exact) mass is 244 g/mol. The molecule has 2 aliphatic rings. The van der Waals surface area contributed by atoms with E-state index in [0.717, 1.165) is 4.90 Å². The summed E-state index contributed by atoms with van der Waals surface area (Å²) in [6, 6.07) is -2.56. The predicted molar refractivity (Wildman–Crippen MR) is 52.7 cm³/mol. The Balaban J connectivity index is 2.26. The molecule has 9 nitrogen and oxygen atoms in total. The van der Waals surface area contributed by atoms with E-state index in [2.05, 4.69) is 16.0 Å². The van der Waals surface area contributed by atoms with E-state index in [-0.39, 0.29) is 0 Å². The van der Waals surface area contributed by atoms with Gasteiger partial charge in [-0.15, -0.1) is 0 Å².